The van der Waals surface area contributed by atoms with Crippen LogP contribution in [-0.4, -0.2) is 16.2 Å². The van der Waals surface area contributed by atoms with E-state index in [1.54, 1.807) is 0 Å². The van der Waals surface area contributed by atoms with Crippen LogP contribution in [0.5, 0.6) is 0 Å². The fourth-order valence-electron chi connectivity index (χ4n) is 3.38. The second kappa shape index (κ2) is 5.01. The molecule has 102 valence electrons. The molecule has 2 nitrogen and oxygen atoms in total. The van der Waals surface area contributed by atoms with E-state index in [0.717, 1.165) is 12.8 Å². The van der Waals surface area contributed by atoms with E-state index < -0.39 is 0 Å². The van der Waals surface area contributed by atoms with E-state index in [1.807, 2.05) is 0 Å². The van der Waals surface area contributed by atoms with Crippen molar-refractivity contribution in [3.8, 4) is 0 Å². The summed E-state index contributed by atoms with van der Waals surface area (Å²) in [5, 5.41) is 11.5. The van der Waals surface area contributed by atoms with Gasteiger partial charge in [0.05, 0.1) is 6.10 Å². The lowest BCUT2D eigenvalue weighted by Crippen LogP contribution is -2.26. The van der Waals surface area contributed by atoms with Crippen LogP contribution in [0.1, 0.15) is 42.4 Å². The Balaban J connectivity index is 1.91. The summed E-state index contributed by atoms with van der Waals surface area (Å²) in [4.78, 5) is 3.42. The second-order valence-corrected chi connectivity index (χ2v) is 6.06. The number of aromatic nitrogens is 1. The summed E-state index contributed by atoms with van der Waals surface area (Å²) in [7, 11) is 0. The van der Waals surface area contributed by atoms with Crippen LogP contribution in [0.15, 0.2) is 18.3 Å². The Bertz CT molecular complexity index is 584. The van der Waals surface area contributed by atoms with Crippen molar-refractivity contribution < 1.29 is 5.11 Å². The van der Waals surface area contributed by atoms with E-state index in [2.05, 4.69) is 37.2 Å². The van der Waals surface area contributed by atoms with Gasteiger partial charge in [0.2, 0.25) is 0 Å². The molecule has 1 aliphatic carbocycles. The molecule has 1 fully saturated rings. The minimum absolute atomic E-state index is 0.106. The van der Waals surface area contributed by atoms with Gasteiger partial charge in [0.15, 0.2) is 0 Å². The Morgan fingerprint density at radius 2 is 2.00 bits per heavy atom. The SMILES string of the molecule is Cc1ccc2c(CC3CCCCC3O)c[nH]c2c1C. The lowest BCUT2D eigenvalue weighted by Gasteiger charge is -2.27. The number of hydrogen-bond acceptors (Lipinski definition) is 1. The number of H-pyrrole nitrogens is 1. The molecular weight excluding hydrogens is 234 g/mol. The van der Waals surface area contributed by atoms with Gasteiger partial charge in [0, 0.05) is 17.1 Å². The highest BCUT2D eigenvalue weighted by Gasteiger charge is 2.24. The summed E-state index contributed by atoms with van der Waals surface area (Å²) in [5.41, 5.74) is 5.30. The van der Waals surface area contributed by atoms with Gasteiger partial charge >= 0.3 is 0 Å². The van der Waals surface area contributed by atoms with Crippen molar-refractivity contribution in [2.75, 3.05) is 0 Å². The van der Waals surface area contributed by atoms with Crippen molar-refractivity contribution in [3.63, 3.8) is 0 Å². The van der Waals surface area contributed by atoms with Crippen molar-refractivity contribution in [2.45, 2.75) is 52.1 Å². The third-order valence-corrected chi connectivity index (χ3v) is 4.82. The monoisotopic (exact) mass is 257 g/mol. The molecule has 2 heteroatoms. The highest BCUT2D eigenvalue weighted by molar-refractivity contribution is 5.86. The zero-order valence-electron chi connectivity index (χ0n) is 11.9. The molecule has 0 spiro atoms. The van der Waals surface area contributed by atoms with E-state index in [9.17, 15) is 5.11 Å². The van der Waals surface area contributed by atoms with Crippen LogP contribution in [-0.2, 0) is 6.42 Å². The van der Waals surface area contributed by atoms with Gasteiger partial charge in [-0.15, -0.1) is 0 Å². The molecule has 2 aromatic rings. The van der Waals surface area contributed by atoms with Gasteiger partial charge < -0.3 is 10.1 Å². The molecule has 0 bridgehead atoms. The molecular formula is C17H23NO. The molecule has 2 N–H and O–H groups in total. The summed E-state index contributed by atoms with van der Waals surface area (Å²) in [6.45, 7) is 4.33. The second-order valence-electron chi connectivity index (χ2n) is 6.06. The summed E-state index contributed by atoms with van der Waals surface area (Å²) >= 11 is 0. The molecule has 1 saturated carbocycles. The Morgan fingerprint density at radius 1 is 1.21 bits per heavy atom. The Labute approximate surface area is 114 Å². The average Bonchev–Trinajstić information content (AvgIpc) is 2.81. The number of aliphatic hydroxyl groups is 1. The van der Waals surface area contributed by atoms with E-state index in [4.69, 9.17) is 0 Å². The van der Waals surface area contributed by atoms with E-state index >= 15 is 0 Å². The van der Waals surface area contributed by atoms with Gasteiger partial charge in [0.1, 0.15) is 0 Å². The van der Waals surface area contributed by atoms with Crippen molar-refractivity contribution in [1.29, 1.82) is 0 Å². The highest BCUT2D eigenvalue weighted by Crippen LogP contribution is 2.31. The van der Waals surface area contributed by atoms with Gasteiger partial charge in [-0.2, -0.15) is 0 Å². The molecule has 1 aliphatic rings. The summed E-state index contributed by atoms with van der Waals surface area (Å²) < 4.78 is 0. The Hall–Kier alpha value is -1.28. The minimum atomic E-state index is -0.106. The van der Waals surface area contributed by atoms with Gasteiger partial charge in [-0.1, -0.05) is 25.0 Å². The van der Waals surface area contributed by atoms with Crippen molar-refractivity contribution in [2.24, 2.45) is 5.92 Å². The van der Waals surface area contributed by atoms with Crippen LogP contribution in [0.25, 0.3) is 10.9 Å². The number of fused-ring (bicyclic) bond motifs is 1. The average molecular weight is 257 g/mol. The van der Waals surface area contributed by atoms with E-state index in [0.29, 0.717) is 5.92 Å². The summed E-state index contributed by atoms with van der Waals surface area (Å²) in [6.07, 6.45) is 7.63. The van der Waals surface area contributed by atoms with Crippen LogP contribution in [0.2, 0.25) is 0 Å². The maximum absolute atomic E-state index is 10.1. The molecule has 1 heterocycles. The van der Waals surface area contributed by atoms with Crippen molar-refractivity contribution in [1.82, 2.24) is 4.98 Å². The standard InChI is InChI=1S/C17H23NO/c1-11-7-8-15-14(10-18-17(15)12(11)2)9-13-5-3-4-6-16(13)19/h7-8,10,13,16,18-19H,3-6,9H2,1-2H3. The topological polar surface area (TPSA) is 36.0 Å². The molecule has 2 atom stereocenters. The van der Waals surface area contributed by atoms with Gasteiger partial charge in [-0.3, -0.25) is 0 Å². The van der Waals surface area contributed by atoms with Crippen LogP contribution >= 0.6 is 0 Å². The first-order valence-corrected chi connectivity index (χ1v) is 7.41. The highest BCUT2D eigenvalue weighted by atomic mass is 16.3. The Kier molecular flexibility index (Phi) is 3.36. The third kappa shape index (κ3) is 2.30. The molecule has 0 aliphatic heterocycles. The van der Waals surface area contributed by atoms with Crippen LogP contribution in [0.3, 0.4) is 0 Å². The largest absolute Gasteiger partial charge is 0.393 e. The number of nitrogens with one attached hydrogen (secondary N) is 1. The first-order valence-electron chi connectivity index (χ1n) is 7.41. The zero-order chi connectivity index (χ0) is 13.4. The van der Waals surface area contributed by atoms with E-state index in [-0.39, 0.29) is 6.10 Å². The number of aryl methyl sites for hydroxylation is 2. The molecule has 19 heavy (non-hydrogen) atoms. The predicted octanol–water partition coefficient (Wildman–Crippen LogP) is 3.88. The first-order chi connectivity index (χ1) is 9.16. The van der Waals surface area contributed by atoms with Gasteiger partial charge in [-0.25, -0.2) is 0 Å². The smallest absolute Gasteiger partial charge is 0.0571 e. The lowest BCUT2D eigenvalue weighted by molar-refractivity contribution is 0.0702. The van der Waals surface area contributed by atoms with Crippen LogP contribution < -0.4 is 0 Å². The summed E-state index contributed by atoms with van der Waals surface area (Å²) in [5.74, 6) is 0.439. The Morgan fingerprint density at radius 3 is 2.79 bits per heavy atom. The van der Waals surface area contributed by atoms with Crippen molar-refractivity contribution in [3.05, 3.63) is 35.0 Å². The molecule has 3 rings (SSSR count). The number of rotatable bonds is 2. The van der Waals surface area contributed by atoms with E-state index in [1.165, 1.54) is 46.9 Å². The molecule has 1 aromatic heterocycles. The fourth-order valence-corrected chi connectivity index (χ4v) is 3.38. The lowest BCUT2D eigenvalue weighted by atomic mass is 9.82. The predicted molar refractivity (Wildman–Crippen MR) is 79.4 cm³/mol. The number of aliphatic hydroxyl groups excluding tert-OH is 1. The molecule has 2 unspecified atom stereocenters. The quantitative estimate of drug-likeness (QED) is 0.841. The normalized spacial score (nSPS) is 23.9. The number of hydrogen-bond donors (Lipinski definition) is 2. The maximum Gasteiger partial charge on any atom is 0.0571 e. The maximum atomic E-state index is 10.1. The summed E-state index contributed by atoms with van der Waals surface area (Å²) in [6, 6.07) is 4.42. The van der Waals surface area contributed by atoms with Crippen LogP contribution in [0, 0.1) is 19.8 Å². The van der Waals surface area contributed by atoms with Gasteiger partial charge in [-0.05, 0) is 55.7 Å². The molecule has 0 saturated heterocycles. The minimum Gasteiger partial charge on any atom is -0.393 e. The first kappa shape index (κ1) is 12.7. The third-order valence-electron chi connectivity index (χ3n) is 4.82. The number of benzene rings is 1. The molecule has 0 radical (unpaired) electrons. The van der Waals surface area contributed by atoms with Crippen molar-refractivity contribution >= 4 is 10.9 Å². The zero-order valence-corrected chi connectivity index (χ0v) is 11.9. The fraction of sp³-hybridized carbons (Fsp3) is 0.529. The van der Waals surface area contributed by atoms with Gasteiger partial charge in [0.25, 0.3) is 0 Å². The molecule has 1 aromatic carbocycles. The molecule has 0 amide bonds. The van der Waals surface area contributed by atoms with Crippen LogP contribution in [0.4, 0.5) is 0 Å². The number of aromatic amines is 1.